The van der Waals surface area contributed by atoms with Crippen LogP contribution in [0.1, 0.15) is 34.3 Å². The Kier molecular flexibility index (Phi) is 4.26. The van der Waals surface area contributed by atoms with Gasteiger partial charge in [-0.1, -0.05) is 30.3 Å². The van der Waals surface area contributed by atoms with E-state index in [2.05, 4.69) is 10.3 Å². The van der Waals surface area contributed by atoms with Crippen LogP contribution in [0.3, 0.4) is 0 Å². The first-order valence-corrected chi connectivity index (χ1v) is 8.68. The summed E-state index contributed by atoms with van der Waals surface area (Å²) in [6, 6.07) is 14.1. The average molecular weight is 349 g/mol. The molecule has 0 saturated carbocycles. The van der Waals surface area contributed by atoms with Crippen LogP contribution in [0.4, 0.5) is 0 Å². The van der Waals surface area contributed by atoms with Crippen LogP contribution in [-0.2, 0) is 13.0 Å². The molecule has 0 radical (unpaired) electrons. The molecule has 2 aromatic carbocycles. The van der Waals surface area contributed by atoms with Crippen LogP contribution in [0, 0.1) is 0 Å². The number of aliphatic hydroxyl groups is 1. The molecule has 0 unspecified atom stereocenters. The highest BCUT2D eigenvalue weighted by molar-refractivity contribution is 5.97. The zero-order valence-electron chi connectivity index (χ0n) is 14.2. The quantitative estimate of drug-likeness (QED) is 0.752. The van der Waals surface area contributed by atoms with Crippen LogP contribution in [0.5, 0.6) is 0 Å². The second-order valence-corrected chi connectivity index (χ2v) is 6.46. The number of nitrogens with zero attached hydrogens (tertiary/aromatic N) is 2. The van der Waals surface area contributed by atoms with E-state index >= 15 is 0 Å². The van der Waals surface area contributed by atoms with E-state index in [-0.39, 0.29) is 18.0 Å². The fourth-order valence-electron chi connectivity index (χ4n) is 3.31. The number of aryl methyl sites for hydroxylation is 1. The molecule has 0 fully saturated rings. The highest BCUT2D eigenvalue weighted by Gasteiger charge is 2.17. The Labute approximate surface area is 150 Å². The van der Waals surface area contributed by atoms with Gasteiger partial charge in [0.2, 0.25) is 0 Å². The van der Waals surface area contributed by atoms with Crippen molar-refractivity contribution in [2.24, 2.45) is 0 Å². The molecule has 4 rings (SSSR count). The van der Waals surface area contributed by atoms with Crippen molar-refractivity contribution in [3.63, 3.8) is 0 Å². The molecule has 1 atom stereocenters. The van der Waals surface area contributed by atoms with E-state index in [9.17, 15) is 14.7 Å². The van der Waals surface area contributed by atoms with E-state index < -0.39 is 6.10 Å². The summed E-state index contributed by atoms with van der Waals surface area (Å²) in [5.74, 6) is 0.476. The van der Waals surface area contributed by atoms with Crippen LogP contribution in [0.25, 0.3) is 10.9 Å². The van der Waals surface area contributed by atoms with Crippen LogP contribution in [0.2, 0.25) is 0 Å². The van der Waals surface area contributed by atoms with Gasteiger partial charge in [-0.05, 0) is 30.2 Å². The lowest BCUT2D eigenvalue weighted by Gasteiger charge is -2.12. The van der Waals surface area contributed by atoms with Crippen molar-refractivity contribution in [2.45, 2.75) is 25.5 Å². The maximum Gasteiger partial charge on any atom is 0.261 e. The lowest BCUT2D eigenvalue weighted by molar-refractivity contribution is 0.0916. The van der Waals surface area contributed by atoms with Crippen molar-refractivity contribution in [3.05, 3.63) is 75.8 Å². The minimum absolute atomic E-state index is 0.0473. The molecule has 6 nitrogen and oxygen atoms in total. The second kappa shape index (κ2) is 6.72. The highest BCUT2D eigenvalue weighted by atomic mass is 16.3. The predicted molar refractivity (Wildman–Crippen MR) is 98.1 cm³/mol. The Morgan fingerprint density at radius 1 is 1.23 bits per heavy atom. The van der Waals surface area contributed by atoms with Crippen molar-refractivity contribution in [3.8, 4) is 0 Å². The normalized spacial score (nSPS) is 14.2. The SMILES string of the molecule is O=C(NC[C@@H](O)c1ccccc1)c1ccc2c(=O)n3c(nc2c1)CCC3. The molecule has 132 valence electrons. The van der Waals surface area contributed by atoms with Crippen LogP contribution in [-0.4, -0.2) is 27.1 Å². The lowest BCUT2D eigenvalue weighted by Crippen LogP contribution is -2.28. The zero-order chi connectivity index (χ0) is 18.1. The molecule has 3 aromatic rings. The summed E-state index contributed by atoms with van der Waals surface area (Å²) in [4.78, 5) is 29.4. The minimum atomic E-state index is -0.772. The smallest absolute Gasteiger partial charge is 0.261 e. The van der Waals surface area contributed by atoms with Gasteiger partial charge >= 0.3 is 0 Å². The van der Waals surface area contributed by atoms with Gasteiger partial charge in [-0.15, -0.1) is 0 Å². The molecule has 0 aliphatic carbocycles. The Bertz CT molecular complexity index is 1030. The number of rotatable bonds is 4. The van der Waals surface area contributed by atoms with E-state index in [0.717, 1.165) is 24.2 Å². The maximum absolute atomic E-state index is 12.5. The third kappa shape index (κ3) is 2.99. The minimum Gasteiger partial charge on any atom is -0.387 e. The van der Waals surface area contributed by atoms with Gasteiger partial charge in [0, 0.05) is 25.1 Å². The van der Waals surface area contributed by atoms with Gasteiger partial charge in [-0.2, -0.15) is 0 Å². The van der Waals surface area contributed by atoms with Gasteiger partial charge < -0.3 is 10.4 Å². The van der Waals surface area contributed by atoms with Crippen LogP contribution < -0.4 is 10.9 Å². The third-order valence-corrected chi connectivity index (χ3v) is 4.72. The molecule has 0 bridgehead atoms. The molecule has 2 N–H and O–H groups in total. The monoisotopic (exact) mass is 349 g/mol. The topological polar surface area (TPSA) is 84.2 Å². The van der Waals surface area contributed by atoms with Crippen molar-refractivity contribution in [1.82, 2.24) is 14.9 Å². The Morgan fingerprint density at radius 3 is 2.85 bits per heavy atom. The number of carbonyl (C=O) groups is 1. The van der Waals surface area contributed by atoms with Gasteiger partial charge in [0.1, 0.15) is 5.82 Å². The first-order valence-electron chi connectivity index (χ1n) is 8.68. The summed E-state index contributed by atoms with van der Waals surface area (Å²) in [5.41, 5.74) is 1.66. The highest BCUT2D eigenvalue weighted by Crippen LogP contribution is 2.16. The van der Waals surface area contributed by atoms with E-state index in [0.29, 0.717) is 23.0 Å². The zero-order valence-corrected chi connectivity index (χ0v) is 14.2. The van der Waals surface area contributed by atoms with Crippen LogP contribution in [0.15, 0.2) is 53.3 Å². The number of carbonyl (C=O) groups excluding carboxylic acids is 1. The number of aromatic nitrogens is 2. The molecule has 1 aliphatic heterocycles. The summed E-state index contributed by atoms with van der Waals surface area (Å²) < 4.78 is 1.71. The summed E-state index contributed by atoms with van der Waals surface area (Å²) in [5, 5.41) is 13.4. The molecule has 2 heterocycles. The van der Waals surface area contributed by atoms with Gasteiger partial charge in [0.25, 0.3) is 11.5 Å². The third-order valence-electron chi connectivity index (χ3n) is 4.72. The van der Waals surface area contributed by atoms with Gasteiger partial charge in [-0.3, -0.25) is 14.2 Å². The first kappa shape index (κ1) is 16.5. The number of benzene rings is 2. The Hall–Kier alpha value is -2.99. The van der Waals surface area contributed by atoms with Crippen molar-refractivity contribution < 1.29 is 9.90 Å². The molecule has 1 amide bonds. The van der Waals surface area contributed by atoms with Crippen molar-refractivity contribution >= 4 is 16.8 Å². The van der Waals surface area contributed by atoms with Crippen molar-refractivity contribution in [1.29, 1.82) is 0 Å². The maximum atomic E-state index is 12.5. The molecule has 1 aliphatic rings. The summed E-state index contributed by atoms with van der Waals surface area (Å²) in [6.45, 7) is 0.817. The lowest BCUT2D eigenvalue weighted by atomic mass is 10.1. The van der Waals surface area contributed by atoms with Crippen LogP contribution >= 0.6 is 0 Å². The van der Waals surface area contributed by atoms with Gasteiger partial charge in [-0.25, -0.2) is 4.98 Å². The predicted octanol–water partition coefficient (Wildman–Crippen LogP) is 1.81. The molecule has 0 saturated heterocycles. The summed E-state index contributed by atoms with van der Waals surface area (Å²) >= 11 is 0. The average Bonchev–Trinajstić information content (AvgIpc) is 3.15. The Morgan fingerprint density at radius 2 is 2.04 bits per heavy atom. The fraction of sp³-hybridized carbons (Fsp3) is 0.250. The number of nitrogens with one attached hydrogen (secondary N) is 1. The number of fused-ring (bicyclic) bond motifs is 2. The second-order valence-electron chi connectivity index (χ2n) is 6.46. The largest absolute Gasteiger partial charge is 0.387 e. The molecule has 26 heavy (non-hydrogen) atoms. The molecule has 0 spiro atoms. The standard InChI is InChI=1S/C20H19N3O3/c24-17(13-5-2-1-3-6-13)12-21-19(25)14-8-9-15-16(11-14)22-18-7-4-10-23(18)20(15)26/h1-3,5-6,8-9,11,17,24H,4,7,10,12H2,(H,21,25)/t17-/m1/s1. The number of hydrogen-bond donors (Lipinski definition) is 2. The number of hydrogen-bond acceptors (Lipinski definition) is 4. The number of amides is 1. The molecular formula is C20H19N3O3. The van der Waals surface area contributed by atoms with Crippen molar-refractivity contribution in [2.75, 3.05) is 6.54 Å². The van der Waals surface area contributed by atoms with E-state index in [1.807, 2.05) is 30.3 Å². The van der Waals surface area contributed by atoms with E-state index in [4.69, 9.17) is 0 Å². The van der Waals surface area contributed by atoms with E-state index in [1.54, 1.807) is 22.8 Å². The first-order chi connectivity index (χ1) is 12.6. The summed E-state index contributed by atoms with van der Waals surface area (Å²) in [6.07, 6.45) is 0.931. The fourth-order valence-corrected chi connectivity index (χ4v) is 3.31. The molecular weight excluding hydrogens is 330 g/mol. The van der Waals surface area contributed by atoms with Gasteiger partial charge in [0.05, 0.1) is 17.0 Å². The number of aliphatic hydroxyl groups excluding tert-OH is 1. The molecule has 6 heteroatoms. The Balaban J connectivity index is 1.54. The molecule has 1 aromatic heterocycles. The van der Waals surface area contributed by atoms with E-state index in [1.165, 1.54) is 0 Å². The summed E-state index contributed by atoms with van der Waals surface area (Å²) in [7, 11) is 0. The van der Waals surface area contributed by atoms with Gasteiger partial charge in [0.15, 0.2) is 0 Å².